The molecule has 2 aromatic heterocycles. The van der Waals surface area contributed by atoms with Gasteiger partial charge in [0.05, 0.1) is 30.6 Å². The molecule has 9 nitrogen and oxygen atoms in total. The first kappa shape index (κ1) is 36.6. The van der Waals surface area contributed by atoms with Gasteiger partial charge in [0, 0.05) is 64.9 Å². The molecule has 9 heteroatoms. The number of imidazole rings is 2. The molecule has 284 valence electrons. The number of hydrogen-bond acceptors (Lipinski definition) is 6. The number of methoxy groups -OCH3 is 1. The van der Waals surface area contributed by atoms with Gasteiger partial charge >= 0.3 is 6.09 Å². The van der Waals surface area contributed by atoms with E-state index in [1.165, 1.54) is 26.4 Å². The zero-order chi connectivity index (χ0) is 37.8. The van der Waals surface area contributed by atoms with Crippen molar-refractivity contribution in [3.05, 3.63) is 83.7 Å². The second-order valence-electron chi connectivity index (χ2n) is 17.3. The molecule has 8 rings (SSSR count). The number of ether oxygens (including phenoxy) is 1. The summed E-state index contributed by atoms with van der Waals surface area (Å²) in [5.41, 5.74) is 6.03. The fraction of sp³-hybridized carbons (Fsp3) is 0.533. The van der Waals surface area contributed by atoms with E-state index in [1.54, 1.807) is 0 Å². The first-order valence-corrected chi connectivity index (χ1v) is 20.2. The monoisotopic (exact) mass is 727 g/mol. The van der Waals surface area contributed by atoms with Crippen LogP contribution in [0.4, 0.5) is 4.79 Å². The smallest absolute Gasteiger partial charge is 0.407 e. The van der Waals surface area contributed by atoms with Crippen molar-refractivity contribution in [2.24, 2.45) is 29.6 Å². The summed E-state index contributed by atoms with van der Waals surface area (Å²) in [6.07, 6.45) is 8.56. The number of likely N-dealkylation sites (tertiary alicyclic amines) is 2. The summed E-state index contributed by atoms with van der Waals surface area (Å²) >= 11 is 0. The number of H-pyrrole nitrogens is 2. The number of carbonyl (C=O) groups is 1. The standard InChI is InChI=1S/C45H57N7O2/c1-25(2)27(5)28(6)51-38-19-34(38)21-40(51)43-46-23-36(48-43)32-15-11-30(12-16-32)9-10-31-13-17-33(18-14-31)37-24-47-44(49-37)41-22-35-20-39(35)52(41)29(7)42(26(3)4)50-45(53)54-8/h11-18,23-29,34-35,38-42H,19-22H2,1-8H3,(H,46,48)(H,47,49)(H,50,53)/t27-,28?,29?,34+,35+,38+,39+,40-,41-,42-/m0/s1. The van der Waals surface area contributed by atoms with Crippen LogP contribution in [0.5, 0.6) is 0 Å². The summed E-state index contributed by atoms with van der Waals surface area (Å²) in [4.78, 5) is 34.8. The van der Waals surface area contributed by atoms with Crippen LogP contribution in [0.15, 0.2) is 60.9 Å². The first-order chi connectivity index (χ1) is 26.0. The molecule has 0 spiro atoms. The molecule has 3 N–H and O–H groups in total. The third kappa shape index (κ3) is 7.11. The lowest BCUT2D eigenvalue weighted by molar-refractivity contribution is 0.0984. The second-order valence-corrected chi connectivity index (χ2v) is 17.3. The van der Waals surface area contributed by atoms with Gasteiger partial charge in [0.15, 0.2) is 0 Å². The van der Waals surface area contributed by atoms with Crippen molar-refractivity contribution in [1.29, 1.82) is 0 Å². The van der Waals surface area contributed by atoms with Crippen LogP contribution in [0.2, 0.25) is 0 Å². The van der Waals surface area contributed by atoms with Gasteiger partial charge in [-0.1, -0.05) is 70.7 Å². The molecule has 2 aromatic carbocycles. The third-order valence-electron chi connectivity index (χ3n) is 13.3. The second kappa shape index (κ2) is 14.7. The number of hydrogen-bond donors (Lipinski definition) is 3. The molecule has 2 unspecified atom stereocenters. The predicted molar refractivity (Wildman–Crippen MR) is 213 cm³/mol. The van der Waals surface area contributed by atoms with E-state index in [9.17, 15) is 4.79 Å². The van der Waals surface area contributed by atoms with E-state index in [1.807, 2.05) is 6.20 Å². The third-order valence-corrected chi connectivity index (χ3v) is 13.3. The molecular formula is C45H57N7O2. The van der Waals surface area contributed by atoms with Gasteiger partial charge in [-0.25, -0.2) is 14.8 Å². The number of nitrogens with one attached hydrogen (secondary N) is 3. The van der Waals surface area contributed by atoms with Crippen LogP contribution in [-0.4, -0.2) is 73.1 Å². The van der Waals surface area contributed by atoms with E-state index in [4.69, 9.17) is 14.7 Å². The van der Waals surface area contributed by atoms with E-state index < -0.39 is 0 Å². The Kier molecular flexibility index (Phi) is 9.95. The molecule has 1 amide bonds. The summed E-state index contributed by atoms with van der Waals surface area (Å²) in [6.45, 7) is 16.0. The van der Waals surface area contributed by atoms with Gasteiger partial charge in [0.25, 0.3) is 0 Å². The molecule has 10 atom stereocenters. The Morgan fingerprint density at radius 1 is 0.704 bits per heavy atom. The van der Waals surface area contributed by atoms with Gasteiger partial charge in [-0.3, -0.25) is 9.80 Å². The number of piperidine rings is 2. The number of aromatic amines is 2. The molecule has 4 fully saturated rings. The number of carbonyl (C=O) groups excluding carboxylic acids is 1. The van der Waals surface area contributed by atoms with Crippen LogP contribution < -0.4 is 5.32 Å². The number of nitrogens with zero attached hydrogens (tertiary/aromatic N) is 4. The Balaban J connectivity index is 0.904. The number of benzene rings is 2. The van der Waals surface area contributed by atoms with Crippen LogP contribution in [0.1, 0.15) is 109 Å². The van der Waals surface area contributed by atoms with E-state index in [2.05, 4.69) is 140 Å². The predicted octanol–water partition coefficient (Wildman–Crippen LogP) is 8.59. The molecule has 4 aromatic rings. The summed E-state index contributed by atoms with van der Waals surface area (Å²) in [7, 11) is 1.42. The van der Waals surface area contributed by atoms with Crippen LogP contribution in [0.25, 0.3) is 22.5 Å². The molecule has 2 saturated carbocycles. The Morgan fingerprint density at radius 2 is 1.17 bits per heavy atom. The Bertz CT molecular complexity index is 2000. The van der Waals surface area contributed by atoms with Crippen molar-refractivity contribution >= 4 is 6.09 Å². The lowest BCUT2D eigenvalue weighted by atomic mass is 9.89. The van der Waals surface area contributed by atoms with Crippen LogP contribution in [-0.2, 0) is 4.74 Å². The molecule has 2 aliphatic carbocycles. The highest BCUT2D eigenvalue weighted by Crippen LogP contribution is 2.56. The number of fused-ring (bicyclic) bond motifs is 2. The lowest BCUT2D eigenvalue weighted by Gasteiger charge is -2.38. The van der Waals surface area contributed by atoms with Crippen LogP contribution in [0, 0.1) is 41.4 Å². The largest absolute Gasteiger partial charge is 0.453 e. The summed E-state index contributed by atoms with van der Waals surface area (Å²) in [5, 5.41) is 3.09. The van der Waals surface area contributed by atoms with Crippen LogP contribution >= 0.6 is 0 Å². The van der Waals surface area contributed by atoms with E-state index in [0.717, 1.165) is 63.7 Å². The molecule has 2 aliphatic heterocycles. The lowest BCUT2D eigenvalue weighted by Crippen LogP contribution is -2.53. The van der Waals surface area contributed by atoms with Gasteiger partial charge in [0.1, 0.15) is 11.6 Å². The van der Waals surface area contributed by atoms with Crippen molar-refractivity contribution in [3.63, 3.8) is 0 Å². The summed E-state index contributed by atoms with van der Waals surface area (Å²) in [5.74, 6) is 11.9. The zero-order valence-corrected chi connectivity index (χ0v) is 33.1. The molecule has 0 bridgehead atoms. The maximum atomic E-state index is 12.2. The first-order valence-electron chi connectivity index (χ1n) is 20.2. The van der Waals surface area contributed by atoms with Gasteiger partial charge in [-0.05, 0) is 93.4 Å². The maximum Gasteiger partial charge on any atom is 0.407 e. The fourth-order valence-electron chi connectivity index (χ4n) is 9.61. The van der Waals surface area contributed by atoms with Crippen molar-refractivity contribution in [2.45, 2.75) is 116 Å². The Hall–Kier alpha value is -4.39. The molecule has 2 saturated heterocycles. The average Bonchev–Trinajstić information content (AvgIpc) is 3.76. The minimum absolute atomic E-state index is 0.0179. The highest BCUT2D eigenvalue weighted by molar-refractivity contribution is 5.67. The number of amides is 1. The summed E-state index contributed by atoms with van der Waals surface area (Å²) < 4.78 is 4.94. The Morgan fingerprint density at radius 3 is 1.59 bits per heavy atom. The molecule has 0 radical (unpaired) electrons. The van der Waals surface area contributed by atoms with E-state index in [0.29, 0.717) is 35.9 Å². The zero-order valence-electron chi connectivity index (χ0n) is 33.1. The van der Waals surface area contributed by atoms with Gasteiger partial charge in [0.2, 0.25) is 0 Å². The van der Waals surface area contributed by atoms with Gasteiger partial charge in [-0.15, -0.1) is 0 Å². The molecule has 4 aliphatic rings. The summed E-state index contributed by atoms with van der Waals surface area (Å²) in [6, 6.07) is 19.3. The van der Waals surface area contributed by atoms with E-state index in [-0.39, 0.29) is 30.1 Å². The van der Waals surface area contributed by atoms with Crippen molar-refractivity contribution in [3.8, 4) is 34.4 Å². The van der Waals surface area contributed by atoms with Crippen molar-refractivity contribution < 1.29 is 9.53 Å². The average molecular weight is 728 g/mol. The fourth-order valence-corrected chi connectivity index (χ4v) is 9.61. The van der Waals surface area contributed by atoms with Crippen molar-refractivity contribution in [1.82, 2.24) is 35.1 Å². The van der Waals surface area contributed by atoms with E-state index >= 15 is 0 Å². The van der Waals surface area contributed by atoms with Gasteiger partial charge in [-0.2, -0.15) is 0 Å². The maximum absolute atomic E-state index is 12.2. The molecule has 54 heavy (non-hydrogen) atoms. The minimum atomic E-state index is -0.377. The van der Waals surface area contributed by atoms with Gasteiger partial charge < -0.3 is 20.0 Å². The molecule has 4 heterocycles. The number of aromatic nitrogens is 4. The number of rotatable bonds is 11. The highest BCUT2D eigenvalue weighted by atomic mass is 16.5. The van der Waals surface area contributed by atoms with Crippen molar-refractivity contribution in [2.75, 3.05) is 7.11 Å². The molecular weight excluding hydrogens is 671 g/mol. The Labute approximate surface area is 321 Å². The number of alkyl carbamates (subject to hydrolysis) is 1. The topological polar surface area (TPSA) is 102 Å². The normalized spacial score (nSPS) is 26.8. The highest BCUT2D eigenvalue weighted by Gasteiger charge is 2.56. The SMILES string of the molecule is COC(=O)N[C@@H](C(C)C)C(C)N1[C@@H]2C[C@@H]2C[C@H]1c1nc(-c2ccc(C#Cc3ccc(-c4c[nH]c([C@@H]5C[C@H]6C[C@H]6N5C(C)[C@@H](C)C(C)C)n4)cc3)cc2)c[nH]1. The quantitative estimate of drug-likeness (QED) is 0.134. The van der Waals surface area contributed by atoms with Crippen LogP contribution in [0.3, 0.4) is 0 Å². The minimum Gasteiger partial charge on any atom is -0.453 e.